The molecule has 1 aromatic heterocycles. The van der Waals surface area contributed by atoms with Gasteiger partial charge in [-0.05, 0) is 37.3 Å². The molecule has 2 amide bonds. The van der Waals surface area contributed by atoms with E-state index in [-0.39, 0.29) is 28.6 Å². The van der Waals surface area contributed by atoms with E-state index in [9.17, 15) is 18.8 Å². The van der Waals surface area contributed by atoms with Crippen molar-refractivity contribution in [1.29, 1.82) is 0 Å². The van der Waals surface area contributed by atoms with Gasteiger partial charge in [-0.15, -0.1) is 10.2 Å². The summed E-state index contributed by atoms with van der Waals surface area (Å²) in [6.45, 7) is 5.18. The van der Waals surface area contributed by atoms with E-state index < -0.39 is 16.6 Å². The summed E-state index contributed by atoms with van der Waals surface area (Å²) in [7, 11) is 0. The molecule has 3 rings (SSSR count). The van der Waals surface area contributed by atoms with Gasteiger partial charge in [-0.3, -0.25) is 19.4 Å². The van der Waals surface area contributed by atoms with Gasteiger partial charge in [0.2, 0.25) is 11.8 Å². The lowest BCUT2D eigenvalue weighted by molar-refractivity contribution is -0.119. The summed E-state index contributed by atoms with van der Waals surface area (Å²) in [4.78, 5) is 39.7. The second-order valence-corrected chi connectivity index (χ2v) is 8.58. The van der Waals surface area contributed by atoms with Crippen LogP contribution < -0.4 is 16.2 Å². The third-order valence-corrected chi connectivity index (χ3v) is 5.38. The van der Waals surface area contributed by atoms with Crippen molar-refractivity contribution in [3.05, 3.63) is 64.7 Å². The molecule has 0 aliphatic rings. The van der Waals surface area contributed by atoms with Crippen LogP contribution in [0, 0.1) is 11.7 Å². The Bertz CT molecular complexity index is 1180. The van der Waals surface area contributed by atoms with Crippen molar-refractivity contribution in [2.24, 2.45) is 5.92 Å². The van der Waals surface area contributed by atoms with Crippen LogP contribution >= 0.6 is 11.8 Å². The van der Waals surface area contributed by atoms with Crippen LogP contribution in [0.3, 0.4) is 0 Å². The average Bonchev–Trinajstić information content (AvgIpc) is 2.76. The second-order valence-electron chi connectivity index (χ2n) is 7.25. The molecule has 1 atom stereocenters. The molecule has 0 aliphatic carbocycles. The van der Waals surface area contributed by atoms with Gasteiger partial charge in [-0.1, -0.05) is 43.8 Å². The molecule has 166 valence electrons. The molecule has 8 nitrogen and oxygen atoms in total. The molecular weight excluding hydrogens is 433 g/mol. The number of amides is 2. The molecule has 2 aromatic carbocycles. The minimum atomic E-state index is -0.603. The van der Waals surface area contributed by atoms with Gasteiger partial charge in [0.05, 0.1) is 10.9 Å². The van der Waals surface area contributed by atoms with E-state index in [4.69, 9.17) is 0 Å². The van der Waals surface area contributed by atoms with Gasteiger partial charge in [0, 0.05) is 17.2 Å². The maximum absolute atomic E-state index is 13.0. The van der Waals surface area contributed by atoms with Crippen LogP contribution in [0.5, 0.6) is 0 Å². The molecule has 0 saturated carbocycles. The van der Waals surface area contributed by atoms with Gasteiger partial charge in [0.1, 0.15) is 5.82 Å². The fraction of sp³-hybridized carbons (Fsp3) is 0.227. The molecule has 3 aromatic rings. The molecule has 32 heavy (non-hydrogen) atoms. The number of rotatable bonds is 7. The van der Waals surface area contributed by atoms with E-state index >= 15 is 0 Å². The Morgan fingerprint density at radius 1 is 0.969 bits per heavy atom. The zero-order valence-electron chi connectivity index (χ0n) is 17.7. The molecule has 1 heterocycles. The molecule has 0 spiro atoms. The SMILES string of the molecule is CC(C)C(=O)Nc1ccccc1-c1nnc(SC(C)C(=O)Nc2ccc(F)cc2)[nH]c1=O. The Labute approximate surface area is 188 Å². The number of H-pyrrole nitrogens is 1. The van der Waals surface area contributed by atoms with Gasteiger partial charge < -0.3 is 10.6 Å². The van der Waals surface area contributed by atoms with Crippen molar-refractivity contribution in [3.8, 4) is 11.3 Å². The fourth-order valence-electron chi connectivity index (χ4n) is 2.63. The number of hydrogen-bond acceptors (Lipinski definition) is 6. The Kier molecular flexibility index (Phi) is 7.37. The van der Waals surface area contributed by atoms with Crippen LogP contribution in [-0.2, 0) is 9.59 Å². The number of carbonyl (C=O) groups is 2. The van der Waals surface area contributed by atoms with E-state index in [1.807, 2.05) is 0 Å². The number of nitrogens with one attached hydrogen (secondary N) is 3. The fourth-order valence-corrected chi connectivity index (χ4v) is 3.37. The van der Waals surface area contributed by atoms with Crippen LogP contribution in [-0.4, -0.2) is 32.2 Å². The number of carbonyl (C=O) groups excluding carboxylic acids is 2. The zero-order valence-corrected chi connectivity index (χ0v) is 18.5. The van der Waals surface area contributed by atoms with Crippen LogP contribution in [0.2, 0.25) is 0 Å². The first-order valence-corrected chi connectivity index (χ1v) is 10.7. The van der Waals surface area contributed by atoms with Crippen LogP contribution in [0.4, 0.5) is 15.8 Å². The van der Waals surface area contributed by atoms with E-state index in [1.54, 1.807) is 45.0 Å². The van der Waals surface area contributed by atoms with Gasteiger partial charge in [-0.25, -0.2) is 4.39 Å². The number of aromatic amines is 1. The highest BCUT2D eigenvalue weighted by Gasteiger charge is 2.19. The first-order chi connectivity index (χ1) is 15.2. The molecule has 0 radical (unpaired) electrons. The first kappa shape index (κ1) is 23.1. The van der Waals surface area contributed by atoms with Crippen molar-refractivity contribution in [3.63, 3.8) is 0 Å². The standard InChI is InChI=1S/C22H22FN5O3S/c1-12(2)19(29)25-17-7-5-4-6-16(17)18-21(31)26-22(28-27-18)32-13(3)20(30)24-15-10-8-14(23)9-11-15/h4-13H,1-3H3,(H,24,30)(H,25,29)(H,26,28,31). The number of halogens is 1. The molecule has 10 heteroatoms. The number of aromatic nitrogens is 3. The first-order valence-electron chi connectivity index (χ1n) is 9.85. The Morgan fingerprint density at radius 2 is 1.66 bits per heavy atom. The molecule has 3 N–H and O–H groups in total. The minimum absolute atomic E-state index is 0.0532. The normalized spacial score (nSPS) is 11.8. The largest absolute Gasteiger partial charge is 0.325 e. The van der Waals surface area contributed by atoms with E-state index in [0.717, 1.165) is 11.8 Å². The van der Waals surface area contributed by atoms with Crippen LogP contribution in [0.25, 0.3) is 11.3 Å². The predicted molar refractivity (Wildman–Crippen MR) is 122 cm³/mol. The number of para-hydroxylation sites is 1. The Morgan fingerprint density at radius 3 is 2.31 bits per heavy atom. The summed E-state index contributed by atoms with van der Waals surface area (Å²) < 4.78 is 13.0. The molecule has 0 fully saturated rings. The number of thioether (sulfide) groups is 1. The lowest BCUT2D eigenvalue weighted by Gasteiger charge is -2.13. The van der Waals surface area contributed by atoms with Gasteiger partial charge in [0.15, 0.2) is 10.9 Å². The zero-order chi connectivity index (χ0) is 23.3. The van der Waals surface area contributed by atoms with Gasteiger partial charge >= 0.3 is 0 Å². The summed E-state index contributed by atoms with van der Waals surface area (Å²) in [6, 6.07) is 12.2. The maximum atomic E-state index is 13.0. The lowest BCUT2D eigenvalue weighted by Crippen LogP contribution is -2.24. The summed E-state index contributed by atoms with van der Waals surface area (Å²) in [6.07, 6.45) is 0. The average molecular weight is 456 g/mol. The highest BCUT2D eigenvalue weighted by molar-refractivity contribution is 8.00. The molecule has 1 unspecified atom stereocenters. The molecule has 0 saturated heterocycles. The Balaban J connectivity index is 1.74. The predicted octanol–water partition coefficient (Wildman–Crippen LogP) is 3.68. The number of anilines is 2. The van der Waals surface area contributed by atoms with Crippen LogP contribution in [0.1, 0.15) is 20.8 Å². The third-order valence-electron chi connectivity index (χ3n) is 4.41. The van der Waals surface area contributed by atoms with Gasteiger partial charge in [0.25, 0.3) is 5.56 Å². The summed E-state index contributed by atoms with van der Waals surface area (Å²) in [5, 5.41) is 13.1. The van der Waals surface area contributed by atoms with E-state index in [0.29, 0.717) is 16.9 Å². The molecule has 0 aliphatic heterocycles. The number of hydrogen-bond donors (Lipinski definition) is 3. The topological polar surface area (TPSA) is 117 Å². The smallest absolute Gasteiger partial charge is 0.278 e. The number of nitrogens with zero attached hydrogens (tertiary/aromatic N) is 2. The quantitative estimate of drug-likeness (QED) is 0.468. The van der Waals surface area contributed by atoms with E-state index in [1.165, 1.54) is 24.3 Å². The second kappa shape index (κ2) is 10.2. The third kappa shape index (κ3) is 5.79. The summed E-state index contributed by atoms with van der Waals surface area (Å²) >= 11 is 1.03. The highest BCUT2D eigenvalue weighted by Crippen LogP contribution is 2.25. The number of benzene rings is 2. The van der Waals surface area contributed by atoms with Gasteiger partial charge in [-0.2, -0.15) is 0 Å². The monoisotopic (exact) mass is 455 g/mol. The summed E-state index contributed by atoms with van der Waals surface area (Å²) in [5.41, 5.74) is 0.906. The maximum Gasteiger partial charge on any atom is 0.278 e. The highest BCUT2D eigenvalue weighted by atomic mass is 32.2. The van der Waals surface area contributed by atoms with Crippen molar-refractivity contribution in [2.45, 2.75) is 31.2 Å². The molecule has 0 bridgehead atoms. The van der Waals surface area contributed by atoms with Crippen molar-refractivity contribution in [1.82, 2.24) is 15.2 Å². The summed E-state index contributed by atoms with van der Waals surface area (Å²) in [5.74, 6) is -1.15. The Hall–Kier alpha value is -3.53. The van der Waals surface area contributed by atoms with Crippen molar-refractivity contribution < 1.29 is 14.0 Å². The van der Waals surface area contributed by atoms with Crippen molar-refractivity contribution in [2.75, 3.05) is 10.6 Å². The van der Waals surface area contributed by atoms with Crippen LogP contribution in [0.15, 0.2) is 58.5 Å². The van der Waals surface area contributed by atoms with E-state index in [2.05, 4.69) is 25.8 Å². The van der Waals surface area contributed by atoms with Crippen molar-refractivity contribution >= 4 is 35.0 Å². The lowest BCUT2D eigenvalue weighted by atomic mass is 10.1. The molecular formula is C22H22FN5O3S. The minimum Gasteiger partial charge on any atom is -0.325 e.